The maximum atomic E-state index is 13.4. The molecule has 1 spiro atoms. The molecule has 2 aliphatic rings. The Morgan fingerprint density at radius 3 is 1.93 bits per heavy atom. The van der Waals surface area contributed by atoms with Crippen LogP contribution >= 0.6 is 0 Å². The van der Waals surface area contributed by atoms with Crippen molar-refractivity contribution < 1.29 is 37.8 Å². The van der Waals surface area contributed by atoms with Gasteiger partial charge in [0, 0.05) is 11.1 Å². The Labute approximate surface area is 170 Å². The van der Waals surface area contributed by atoms with E-state index in [1.807, 2.05) is 0 Å². The number of ether oxygens (including phenoxy) is 3. The topological polar surface area (TPSA) is 96.0 Å². The third-order valence-corrected chi connectivity index (χ3v) is 5.20. The van der Waals surface area contributed by atoms with Crippen LogP contribution in [0, 0.1) is 5.82 Å². The largest absolute Gasteiger partial charge is 0.466 e. The summed E-state index contributed by atoms with van der Waals surface area (Å²) in [6.45, 7) is 0. The van der Waals surface area contributed by atoms with Crippen LogP contribution in [0.4, 0.5) is 4.39 Å². The smallest absolute Gasteiger partial charge is 0.338 e. The molecule has 0 saturated heterocycles. The van der Waals surface area contributed by atoms with E-state index in [0.717, 1.165) is 26.4 Å². The Hall–Kier alpha value is -3.65. The fraction of sp³-hybridized carbons (Fsp3) is 0.182. The van der Waals surface area contributed by atoms with Crippen molar-refractivity contribution in [1.29, 1.82) is 0 Å². The number of hydrogen-bond acceptors (Lipinski definition) is 7. The normalized spacial score (nSPS) is 19.2. The van der Waals surface area contributed by atoms with Crippen molar-refractivity contribution in [3.63, 3.8) is 0 Å². The van der Waals surface area contributed by atoms with Gasteiger partial charge in [-0.15, -0.1) is 0 Å². The van der Waals surface area contributed by atoms with Crippen molar-refractivity contribution in [2.24, 2.45) is 0 Å². The highest BCUT2D eigenvalue weighted by Gasteiger charge is 2.66. The van der Waals surface area contributed by atoms with Crippen LogP contribution in [0.25, 0.3) is 0 Å². The molecule has 0 radical (unpaired) electrons. The molecule has 0 aromatic heterocycles. The molecule has 0 amide bonds. The summed E-state index contributed by atoms with van der Waals surface area (Å²) in [6, 6.07) is 10.9. The second kappa shape index (κ2) is 7.00. The van der Waals surface area contributed by atoms with Crippen LogP contribution in [-0.2, 0) is 23.8 Å². The highest BCUT2D eigenvalue weighted by atomic mass is 19.1. The Balaban J connectivity index is 2.01. The molecule has 4 rings (SSSR count). The van der Waals surface area contributed by atoms with Crippen LogP contribution in [0.5, 0.6) is 0 Å². The van der Waals surface area contributed by atoms with Crippen molar-refractivity contribution in [3.8, 4) is 0 Å². The van der Waals surface area contributed by atoms with Gasteiger partial charge in [-0.2, -0.15) is 0 Å². The summed E-state index contributed by atoms with van der Waals surface area (Å²) in [7, 11) is 2.14. The highest BCUT2D eigenvalue weighted by Crippen LogP contribution is 2.51. The summed E-state index contributed by atoms with van der Waals surface area (Å²) >= 11 is 0. The minimum Gasteiger partial charge on any atom is -0.466 e. The molecule has 7 nitrogen and oxygen atoms in total. The van der Waals surface area contributed by atoms with E-state index in [1.165, 1.54) is 24.3 Å². The van der Waals surface area contributed by atoms with E-state index in [0.29, 0.717) is 0 Å². The van der Waals surface area contributed by atoms with Crippen LogP contribution in [0.3, 0.4) is 0 Å². The predicted octanol–water partition coefficient (Wildman–Crippen LogP) is 2.36. The maximum absolute atomic E-state index is 13.4. The fourth-order valence-corrected chi connectivity index (χ4v) is 3.86. The SMILES string of the molecule is COC(=O)C1=C(C(=O)OC)C2(OC1c1ccc(F)cc1)C(=O)c1ccccc1C2=O. The highest BCUT2D eigenvalue weighted by molar-refractivity contribution is 6.37. The maximum Gasteiger partial charge on any atom is 0.338 e. The van der Waals surface area contributed by atoms with Crippen molar-refractivity contribution in [2.75, 3.05) is 14.2 Å². The number of benzene rings is 2. The molecule has 1 heterocycles. The average Bonchev–Trinajstić information content (AvgIpc) is 3.23. The molecule has 0 fully saturated rings. The molecule has 30 heavy (non-hydrogen) atoms. The zero-order valence-corrected chi connectivity index (χ0v) is 15.9. The number of Topliss-reactive ketones (excluding diaryl/α,β-unsaturated/α-hetero) is 2. The molecule has 0 bridgehead atoms. The van der Waals surface area contributed by atoms with Gasteiger partial charge in [0.1, 0.15) is 11.9 Å². The number of hydrogen-bond donors (Lipinski definition) is 0. The number of carbonyl (C=O) groups is 4. The fourth-order valence-electron chi connectivity index (χ4n) is 3.86. The van der Waals surface area contributed by atoms with E-state index in [9.17, 15) is 23.6 Å². The molecule has 2 aromatic rings. The van der Waals surface area contributed by atoms with Gasteiger partial charge in [-0.05, 0) is 17.7 Å². The third-order valence-electron chi connectivity index (χ3n) is 5.20. The van der Waals surface area contributed by atoms with Gasteiger partial charge in [0.2, 0.25) is 17.2 Å². The summed E-state index contributed by atoms with van der Waals surface area (Å²) in [5, 5.41) is 0. The summed E-state index contributed by atoms with van der Waals surface area (Å²) in [4.78, 5) is 52.1. The van der Waals surface area contributed by atoms with Crippen LogP contribution in [0.1, 0.15) is 32.4 Å². The molecule has 0 N–H and O–H groups in total. The van der Waals surface area contributed by atoms with Gasteiger partial charge in [0.05, 0.1) is 25.4 Å². The van der Waals surface area contributed by atoms with Gasteiger partial charge < -0.3 is 14.2 Å². The number of rotatable bonds is 3. The first kappa shape index (κ1) is 19.7. The molecule has 8 heteroatoms. The van der Waals surface area contributed by atoms with E-state index >= 15 is 0 Å². The minimum atomic E-state index is -2.39. The molecule has 1 aliphatic carbocycles. The summed E-state index contributed by atoms with van der Waals surface area (Å²) < 4.78 is 28.9. The molecule has 0 saturated carbocycles. The second-order valence-corrected chi connectivity index (χ2v) is 6.71. The lowest BCUT2D eigenvalue weighted by Gasteiger charge is -2.23. The van der Waals surface area contributed by atoms with Crippen LogP contribution < -0.4 is 0 Å². The van der Waals surface area contributed by atoms with Gasteiger partial charge >= 0.3 is 11.9 Å². The molecule has 1 atom stereocenters. The number of halogens is 1. The first-order valence-corrected chi connectivity index (χ1v) is 8.90. The summed E-state index contributed by atoms with van der Waals surface area (Å²) in [5.74, 6) is -4.15. The predicted molar refractivity (Wildman–Crippen MR) is 99.1 cm³/mol. The van der Waals surface area contributed by atoms with Gasteiger partial charge in [0.15, 0.2) is 0 Å². The Morgan fingerprint density at radius 2 is 1.43 bits per heavy atom. The van der Waals surface area contributed by atoms with E-state index in [1.54, 1.807) is 12.1 Å². The van der Waals surface area contributed by atoms with Crippen LogP contribution in [-0.4, -0.2) is 43.3 Å². The van der Waals surface area contributed by atoms with Crippen molar-refractivity contribution in [1.82, 2.24) is 0 Å². The zero-order chi connectivity index (χ0) is 21.6. The Morgan fingerprint density at radius 1 is 0.900 bits per heavy atom. The first-order valence-electron chi connectivity index (χ1n) is 8.90. The Bertz CT molecular complexity index is 1100. The van der Waals surface area contributed by atoms with E-state index in [2.05, 4.69) is 0 Å². The number of esters is 2. The molecule has 1 unspecified atom stereocenters. The standard InChI is InChI=1S/C22H15FO7/c1-28-20(26)15-16(21(27)29-2)22(30-17(15)11-7-9-12(23)10-8-11)18(24)13-5-3-4-6-14(13)19(22)25/h3-10,17H,1-2H3. The molecular formula is C22H15FO7. The monoisotopic (exact) mass is 410 g/mol. The number of ketones is 2. The molecule has 152 valence electrons. The summed E-state index contributed by atoms with van der Waals surface area (Å²) in [6.07, 6.45) is -1.32. The lowest BCUT2D eigenvalue weighted by Crippen LogP contribution is -2.46. The second-order valence-electron chi connectivity index (χ2n) is 6.71. The van der Waals surface area contributed by atoms with Crippen molar-refractivity contribution in [3.05, 3.63) is 82.2 Å². The number of carbonyl (C=O) groups excluding carboxylic acids is 4. The average molecular weight is 410 g/mol. The number of methoxy groups -OCH3 is 2. The lowest BCUT2D eigenvalue weighted by atomic mass is 9.86. The third kappa shape index (κ3) is 2.54. The van der Waals surface area contributed by atoms with Crippen molar-refractivity contribution in [2.45, 2.75) is 11.7 Å². The first-order chi connectivity index (χ1) is 14.4. The van der Waals surface area contributed by atoms with Crippen LogP contribution in [0.15, 0.2) is 59.7 Å². The van der Waals surface area contributed by atoms with Gasteiger partial charge in [0.25, 0.3) is 0 Å². The molecule has 1 aliphatic heterocycles. The molecule has 2 aromatic carbocycles. The zero-order valence-electron chi connectivity index (χ0n) is 15.9. The van der Waals surface area contributed by atoms with Gasteiger partial charge in [-0.1, -0.05) is 36.4 Å². The van der Waals surface area contributed by atoms with Gasteiger partial charge in [-0.25, -0.2) is 14.0 Å². The van der Waals surface area contributed by atoms with Crippen molar-refractivity contribution >= 4 is 23.5 Å². The Kier molecular flexibility index (Phi) is 4.58. The lowest BCUT2D eigenvalue weighted by molar-refractivity contribution is -0.139. The van der Waals surface area contributed by atoms with E-state index in [-0.39, 0.29) is 22.3 Å². The quantitative estimate of drug-likeness (QED) is 0.566. The minimum absolute atomic E-state index is 0.0628. The van der Waals surface area contributed by atoms with Crippen LogP contribution in [0.2, 0.25) is 0 Å². The van der Waals surface area contributed by atoms with E-state index < -0.39 is 46.6 Å². The number of fused-ring (bicyclic) bond motifs is 1. The molecular weight excluding hydrogens is 395 g/mol. The van der Waals surface area contributed by atoms with E-state index in [4.69, 9.17) is 14.2 Å². The van der Waals surface area contributed by atoms with Gasteiger partial charge in [-0.3, -0.25) is 9.59 Å². The summed E-state index contributed by atoms with van der Waals surface area (Å²) in [5.41, 5.74) is -2.88.